The molecule has 18 heavy (non-hydrogen) atoms. The number of carbonyl (C=O) groups excluding carboxylic acids is 1. The molecule has 6 nitrogen and oxygen atoms in total. The summed E-state index contributed by atoms with van der Waals surface area (Å²) in [5.41, 5.74) is 0.292. The van der Waals surface area contributed by atoms with Crippen molar-refractivity contribution in [2.75, 3.05) is 18.9 Å². The van der Waals surface area contributed by atoms with Crippen molar-refractivity contribution in [2.45, 2.75) is 26.3 Å². The van der Waals surface area contributed by atoms with Gasteiger partial charge in [-0.15, -0.1) is 0 Å². The summed E-state index contributed by atoms with van der Waals surface area (Å²) in [5.74, 6) is 0.412. The number of hydrogen-bond acceptors (Lipinski definition) is 5. The van der Waals surface area contributed by atoms with Gasteiger partial charge in [-0.1, -0.05) is 0 Å². The molecule has 0 aromatic carbocycles. The molecule has 0 aliphatic heterocycles. The lowest BCUT2D eigenvalue weighted by atomic mass is 10.2. The second-order valence-electron chi connectivity index (χ2n) is 4.04. The SMILES string of the molecule is CNc1cnc(C(=O)N(CCC#N)C(C)C)cn1. The van der Waals surface area contributed by atoms with Crippen molar-refractivity contribution in [1.29, 1.82) is 5.26 Å². The van der Waals surface area contributed by atoms with Crippen molar-refractivity contribution in [2.24, 2.45) is 0 Å². The van der Waals surface area contributed by atoms with E-state index >= 15 is 0 Å². The highest BCUT2D eigenvalue weighted by Gasteiger charge is 2.19. The van der Waals surface area contributed by atoms with Gasteiger partial charge in [-0.25, -0.2) is 9.97 Å². The number of rotatable bonds is 5. The number of nitrogens with one attached hydrogen (secondary N) is 1. The molecule has 0 aliphatic rings. The standard InChI is InChI=1S/C12H17N5O/c1-9(2)17(6-4-5-13)12(18)10-7-16-11(14-3)8-15-10/h7-9H,4,6H2,1-3H3,(H,14,16). The first-order valence-electron chi connectivity index (χ1n) is 5.77. The highest BCUT2D eigenvalue weighted by molar-refractivity contribution is 5.92. The zero-order valence-electron chi connectivity index (χ0n) is 10.8. The summed E-state index contributed by atoms with van der Waals surface area (Å²) in [6.45, 7) is 4.22. The summed E-state index contributed by atoms with van der Waals surface area (Å²) < 4.78 is 0. The summed E-state index contributed by atoms with van der Waals surface area (Å²) in [7, 11) is 1.73. The lowest BCUT2D eigenvalue weighted by molar-refractivity contribution is 0.0704. The Morgan fingerprint density at radius 2 is 2.22 bits per heavy atom. The normalized spacial score (nSPS) is 9.94. The van der Waals surface area contributed by atoms with Crippen LogP contribution in [0.3, 0.4) is 0 Å². The average Bonchev–Trinajstić information content (AvgIpc) is 2.38. The maximum atomic E-state index is 12.2. The fourth-order valence-corrected chi connectivity index (χ4v) is 1.48. The Bertz CT molecular complexity index is 435. The number of anilines is 1. The van der Waals surface area contributed by atoms with Gasteiger partial charge >= 0.3 is 0 Å². The topological polar surface area (TPSA) is 81.9 Å². The predicted octanol–water partition coefficient (Wildman–Crippen LogP) is 1.28. The van der Waals surface area contributed by atoms with Crippen molar-refractivity contribution >= 4 is 11.7 Å². The Morgan fingerprint density at radius 1 is 1.50 bits per heavy atom. The van der Waals surface area contributed by atoms with Crippen molar-refractivity contribution < 1.29 is 4.79 Å². The van der Waals surface area contributed by atoms with E-state index in [1.54, 1.807) is 11.9 Å². The zero-order valence-corrected chi connectivity index (χ0v) is 10.8. The molecule has 0 aliphatic carbocycles. The molecule has 1 aromatic heterocycles. The van der Waals surface area contributed by atoms with E-state index in [1.165, 1.54) is 12.4 Å². The smallest absolute Gasteiger partial charge is 0.274 e. The molecule has 1 aromatic rings. The van der Waals surface area contributed by atoms with Crippen molar-refractivity contribution in [3.63, 3.8) is 0 Å². The van der Waals surface area contributed by atoms with E-state index in [1.807, 2.05) is 19.9 Å². The molecule has 0 radical (unpaired) electrons. The molecular formula is C12H17N5O. The van der Waals surface area contributed by atoms with Crippen LogP contribution in [0.15, 0.2) is 12.4 Å². The Balaban J connectivity index is 2.84. The van der Waals surface area contributed by atoms with E-state index in [0.29, 0.717) is 24.5 Å². The minimum atomic E-state index is -0.199. The predicted molar refractivity (Wildman–Crippen MR) is 68.0 cm³/mol. The molecule has 96 valence electrons. The molecule has 1 heterocycles. The molecule has 0 fully saturated rings. The molecule has 1 amide bonds. The molecule has 0 saturated heterocycles. The van der Waals surface area contributed by atoms with Crippen LogP contribution in [0, 0.1) is 11.3 Å². The van der Waals surface area contributed by atoms with Crippen LogP contribution in [0.2, 0.25) is 0 Å². The maximum Gasteiger partial charge on any atom is 0.274 e. The fourth-order valence-electron chi connectivity index (χ4n) is 1.48. The minimum Gasteiger partial charge on any atom is -0.372 e. The van der Waals surface area contributed by atoms with Gasteiger partial charge < -0.3 is 10.2 Å². The van der Waals surface area contributed by atoms with Crippen molar-refractivity contribution in [3.05, 3.63) is 18.1 Å². The van der Waals surface area contributed by atoms with E-state index in [-0.39, 0.29) is 11.9 Å². The van der Waals surface area contributed by atoms with E-state index < -0.39 is 0 Å². The molecule has 0 bridgehead atoms. The molecule has 0 spiro atoms. The fraction of sp³-hybridized carbons (Fsp3) is 0.500. The number of hydrogen-bond donors (Lipinski definition) is 1. The largest absolute Gasteiger partial charge is 0.372 e. The van der Waals surface area contributed by atoms with Crippen LogP contribution < -0.4 is 5.32 Å². The van der Waals surface area contributed by atoms with Crippen LogP contribution in [0.1, 0.15) is 30.8 Å². The maximum absolute atomic E-state index is 12.2. The third kappa shape index (κ3) is 3.42. The Hall–Kier alpha value is -2.16. The average molecular weight is 247 g/mol. The van der Waals surface area contributed by atoms with Crippen LogP contribution in [-0.4, -0.2) is 40.4 Å². The number of carbonyl (C=O) groups is 1. The molecule has 0 atom stereocenters. The number of aromatic nitrogens is 2. The quantitative estimate of drug-likeness (QED) is 0.847. The van der Waals surface area contributed by atoms with Gasteiger partial charge in [0.15, 0.2) is 0 Å². The van der Waals surface area contributed by atoms with Gasteiger partial charge in [0.1, 0.15) is 11.5 Å². The highest BCUT2D eigenvalue weighted by atomic mass is 16.2. The number of nitriles is 1. The Labute approximate surface area is 107 Å². The lowest BCUT2D eigenvalue weighted by Crippen LogP contribution is -2.38. The van der Waals surface area contributed by atoms with Crippen molar-refractivity contribution in [1.82, 2.24) is 14.9 Å². The molecule has 1 rings (SSSR count). The van der Waals surface area contributed by atoms with Crippen LogP contribution in [0.25, 0.3) is 0 Å². The third-order valence-electron chi connectivity index (χ3n) is 2.48. The first-order chi connectivity index (χ1) is 8.60. The summed E-state index contributed by atoms with van der Waals surface area (Å²) in [4.78, 5) is 21.9. The van der Waals surface area contributed by atoms with Crippen molar-refractivity contribution in [3.8, 4) is 6.07 Å². The van der Waals surface area contributed by atoms with Gasteiger partial charge in [0, 0.05) is 19.6 Å². The summed E-state index contributed by atoms with van der Waals surface area (Å²) in [5, 5.41) is 11.4. The second kappa shape index (κ2) is 6.55. The number of amides is 1. The molecular weight excluding hydrogens is 230 g/mol. The monoisotopic (exact) mass is 247 g/mol. The van der Waals surface area contributed by atoms with Gasteiger partial charge in [0.2, 0.25) is 0 Å². The lowest BCUT2D eigenvalue weighted by Gasteiger charge is -2.25. The molecule has 6 heteroatoms. The van der Waals surface area contributed by atoms with Gasteiger partial charge in [-0.3, -0.25) is 4.79 Å². The van der Waals surface area contributed by atoms with E-state index in [0.717, 1.165) is 0 Å². The van der Waals surface area contributed by atoms with E-state index in [9.17, 15) is 4.79 Å². The zero-order chi connectivity index (χ0) is 13.5. The first-order valence-corrected chi connectivity index (χ1v) is 5.77. The summed E-state index contributed by atoms with van der Waals surface area (Å²) in [6, 6.07) is 2.06. The van der Waals surface area contributed by atoms with Gasteiger partial charge in [-0.05, 0) is 13.8 Å². The number of nitrogens with zero attached hydrogens (tertiary/aromatic N) is 4. The van der Waals surface area contributed by atoms with Crippen LogP contribution in [-0.2, 0) is 0 Å². The molecule has 0 saturated carbocycles. The summed E-state index contributed by atoms with van der Waals surface area (Å²) in [6.07, 6.45) is 3.26. The van der Waals surface area contributed by atoms with Gasteiger partial charge in [-0.2, -0.15) is 5.26 Å². The molecule has 1 N–H and O–H groups in total. The van der Waals surface area contributed by atoms with Gasteiger partial charge in [0.25, 0.3) is 5.91 Å². The van der Waals surface area contributed by atoms with Crippen LogP contribution in [0.5, 0.6) is 0 Å². The van der Waals surface area contributed by atoms with E-state index in [4.69, 9.17) is 5.26 Å². The summed E-state index contributed by atoms with van der Waals surface area (Å²) >= 11 is 0. The van der Waals surface area contributed by atoms with Crippen LogP contribution in [0.4, 0.5) is 5.82 Å². The second-order valence-corrected chi connectivity index (χ2v) is 4.04. The minimum absolute atomic E-state index is 0.0247. The third-order valence-corrected chi connectivity index (χ3v) is 2.48. The molecule has 0 unspecified atom stereocenters. The first kappa shape index (κ1) is 13.9. The van der Waals surface area contributed by atoms with Crippen LogP contribution >= 0.6 is 0 Å². The van der Waals surface area contributed by atoms with E-state index in [2.05, 4.69) is 15.3 Å². The van der Waals surface area contributed by atoms with Gasteiger partial charge in [0.05, 0.1) is 24.9 Å². The highest BCUT2D eigenvalue weighted by Crippen LogP contribution is 2.08. The Morgan fingerprint density at radius 3 is 2.67 bits per heavy atom. The Kier molecular flexibility index (Phi) is 5.06.